The number of benzene rings is 2. The van der Waals surface area contributed by atoms with Crippen LogP contribution in [0.5, 0.6) is 17.2 Å². The molecule has 2 aliphatic carbocycles. The maximum Gasteiger partial charge on any atom is 0.338 e. The van der Waals surface area contributed by atoms with E-state index in [4.69, 9.17) is 40.3 Å². The number of carbonyl (C=O) groups excluding carboxylic acids is 1. The molecule has 0 bridgehead atoms. The number of aromatic nitrogens is 3. The number of fused-ring (bicyclic) bond motifs is 3. The van der Waals surface area contributed by atoms with Crippen LogP contribution in [-0.2, 0) is 28.4 Å². The van der Waals surface area contributed by atoms with Gasteiger partial charge in [0.05, 0.1) is 49.2 Å². The summed E-state index contributed by atoms with van der Waals surface area (Å²) in [6, 6.07) is 13.3. The SMILES string of the molecule is COC(=O)c1cc(OC)c2nc(CN3CCN(c4cccc5c4OC(C)(c4ccc(Cl)cn4)O5)[C@H]4CC[C@@H]43)n(CCOC3CC3(F)F)c2c1. The number of piperazine rings is 1. The average molecular weight is 696 g/mol. The van der Waals surface area contributed by atoms with E-state index in [-0.39, 0.29) is 31.7 Å². The molecule has 1 saturated heterocycles. The minimum atomic E-state index is -2.78. The fourth-order valence-corrected chi connectivity index (χ4v) is 7.36. The molecule has 49 heavy (non-hydrogen) atoms. The van der Waals surface area contributed by atoms with Crippen molar-refractivity contribution in [3.05, 3.63) is 70.8 Å². The fraction of sp³-hybridized carbons (Fsp3) is 0.457. The molecule has 0 spiro atoms. The summed E-state index contributed by atoms with van der Waals surface area (Å²) in [6.07, 6.45) is 2.27. The van der Waals surface area contributed by atoms with Crippen molar-refractivity contribution >= 4 is 34.3 Å². The van der Waals surface area contributed by atoms with Crippen LogP contribution < -0.4 is 19.1 Å². The van der Waals surface area contributed by atoms with Gasteiger partial charge in [-0.2, -0.15) is 0 Å². The van der Waals surface area contributed by atoms with Crippen LogP contribution in [0.2, 0.25) is 5.02 Å². The lowest BCUT2D eigenvalue weighted by Crippen LogP contribution is -2.64. The highest BCUT2D eigenvalue weighted by molar-refractivity contribution is 6.30. The van der Waals surface area contributed by atoms with Crippen molar-refractivity contribution in [1.82, 2.24) is 19.4 Å². The average Bonchev–Trinajstić information content (AvgIpc) is 3.34. The van der Waals surface area contributed by atoms with Crippen LogP contribution in [0.25, 0.3) is 11.0 Å². The lowest BCUT2D eigenvalue weighted by atomic mass is 9.81. The van der Waals surface area contributed by atoms with Crippen LogP contribution in [-0.4, -0.2) is 83.4 Å². The number of pyridine rings is 1. The third-order valence-electron chi connectivity index (χ3n) is 10.0. The van der Waals surface area contributed by atoms with Crippen molar-refractivity contribution in [3.8, 4) is 17.2 Å². The van der Waals surface area contributed by atoms with Gasteiger partial charge in [0.1, 0.15) is 28.9 Å². The zero-order valence-electron chi connectivity index (χ0n) is 27.3. The molecule has 14 heteroatoms. The molecule has 258 valence electrons. The smallest absolute Gasteiger partial charge is 0.338 e. The molecule has 2 aromatic carbocycles. The number of hydrogen-bond donors (Lipinski definition) is 0. The predicted molar refractivity (Wildman–Crippen MR) is 176 cm³/mol. The molecule has 2 aliphatic heterocycles. The Morgan fingerprint density at radius 2 is 1.92 bits per heavy atom. The molecule has 4 aliphatic rings. The Labute approximate surface area is 286 Å². The van der Waals surface area contributed by atoms with E-state index in [1.807, 2.05) is 23.6 Å². The van der Waals surface area contributed by atoms with Crippen molar-refractivity contribution in [1.29, 1.82) is 0 Å². The third kappa shape index (κ3) is 5.61. The first-order chi connectivity index (χ1) is 23.6. The van der Waals surface area contributed by atoms with E-state index < -0.39 is 23.8 Å². The maximum atomic E-state index is 13.6. The Morgan fingerprint density at radius 3 is 2.61 bits per heavy atom. The van der Waals surface area contributed by atoms with Gasteiger partial charge in [-0.25, -0.2) is 18.6 Å². The van der Waals surface area contributed by atoms with Crippen LogP contribution in [0.1, 0.15) is 48.1 Å². The molecule has 2 saturated carbocycles. The van der Waals surface area contributed by atoms with Gasteiger partial charge < -0.3 is 33.2 Å². The fourth-order valence-electron chi connectivity index (χ4n) is 7.24. The summed E-state index contributed by atoms with van der Waals surface area (Å²) in [5.41, 5.74) is 3.15. The van der Waals surface area contributed by atoms with E-state index in [1.54, 1.807) is 30.5 Å². The largest absolute Gasteiger partial charge is 0.494 e. The van der Waals surface area contributed by atoms with Crippen molar-refractivity contribution in [2.45, 2.75) is 69.2 Å². The number of imidazole rings is 1. The van der Waals surface area contributed by atoms with E-state index >= 15 is 0 Å². The minimum absolute atomic E-state index is 0.0783. The van der Waals surface area contributed by atoms with Crippen molar-refractivity contribution in [3.63, 3.8) is 0 Å². The minimum Gasteiger partial charge on any atom is -0.494 e. The number of rotatable bonds is 10. The number of hydrogen-bond acceptors (Lipinski definition) is 10. The molecule has 4 heterocycles. The summed E-state index contributed by atoms with van der Waals surface area (Å²) in [6.45, 7) is 4.23. The van der Waals surface area contributed by atoms with Gasteiger partial charge in [0.15, 0.2) is 11.5 Å². The molecule has 3 fully saturated rings. The second-order valence-electron chi connectivity index (χ2n) is 13.0. The highest BCUT2D eigenvalue weighted by Crippen LogP contribution is 2.51. The van der Waals surface area contributed by atoms with Crippen molar-refractivity contribution in [2.75, 3.05) is 38.8 Å². The standard InChI is InChI=1S/C35H36ClF2N5O6/c1-34(28-10-7-21(36)18-39-28)48-26-6-4-5-24(32(26)49-34)42-12-11-41(22-8-9-23(22)42)19-30-40-31-25(15-20(33(44)46-3)16-27(31)45-2)43(30)13-14-47-29-17-35(29,37)38/h4-7,10,15-16,18,22-23,29H,8-9,11-14,17,19H2,1-3H3/t22-,23-,29?,34?/m0/s1. The topological polar surface area (TPSA) is 100 Å². The summed E-state index contributed by atoms with van der Waals surface area (Å²) >= 11 is 6.08. The van der Waals surface area contributed by atoms with E-state index in [2.05, 4.69) is 20.9 Å². The first-order valence-electron chi connectivity index (χ1n) is 16.4. The second kappa shape index (κ2) is 12.0. The van der Waals surface area contributed by atoms with Gasteiger partial charge in [-0.15, -0.1) is 0 Å². The lowest BCUT2D eigenvalue weighted by Gasteiger charge is -2.54. The molecular formula is C35H36ClF2N5O6. The number of nitrogens with zero attached hydrogens (tertiary/aromatic N) is 5. The van der Waals surface area contributed by atoms with E-state index in [1.165, 1.54) is 14.2 Å². The van der Waals surface area contributed by atoms with Gasteiger partial charge in [-0.3, -0.25) is 9.88 Å². The van der Waals surface area contributed by atoms with Crippen LogP contribution in [0.15, 0.2) is 48.7 Å². The molecule has 8 rings (SSSR count). The van der Waals surface area contributed by atoms with Crippen LogP contribution >= 0.6 is 11.6 Å². The number of esters is 1. The van der Waals surface area contributed by atoms with Gasteiger partial charge in [-0.1, -0.05) is 17.7 Å². The molecule has 0 N–H and O–H groups in total. The van der Waals surface area contributed by atoms with Gasteiger partial charge >= 0.3 is 5.97 Å². The number of carbonyl (C=O) groups is 1. The highest BCUT2D eigenvalue weighted by atomic mass is 35.5. The summed E-state index contributed by atoms with van der Waals surface area (Å²) < 4.78 is 58.1. The number of anilines is 1. The first-order valence-corrected chi connectivity index (χ1v) is 16.7. The van der Waals surface area contributed by atoms with Crippen LogP contribution in [0.3, 0.4) is 0 Å². The number of halogens is 3. The summed E-state index contributed by atoms with van der Waals surface area (Å²) in [5.74, 6) is -1.85. The Hall–Kier alpha value is -4.20. The van der Waals surface area contributed by atoms with Crippen molar-refractivity contribution in [2.24, 2.45) is 0 Å². The van der Waals surface area contributed by atoms with Gasteiger partial charge in [0, 0.05) is 51.3 Å². The van der Waals surface area contributed by atoms with E-state index in [0.717, 1.165) is 37.4 Å². The highest BCUT2D eigenvalue weighted by Gasteiger charge is 2.58. The normalized spacial score (nSPS) is 25.2. The van der Waals surface area contributed by atoms with Gasteiger partial charge in [0.25, 0.3) is 11.7 Å². The van der Waals surface area contributed by atoms with Gasteiger partial charge in [0.2, 0.25) is 0 Å². The first kappa shape index (κ1) is 32.0. The summed E-state index contributed by atoms with van der Waals surface area (Å²) in [7, 11) is 2.84. The molecule has 0 radical (unpaired) electrons. The summed E-state index contributed by atoms with van der Waals surface area (Å²) in [5, 5.41) is 0.536. The monoisotopic (exact) mass is 695 g/mol. The van der Waals surface area contributed by atoms with Gasteiger partial charge in [-0.05, 0) is 49.2 Å². The number of para-hydroxylation sites is 1. The van der Waals surface area contributed by atoms with E-state index in [9.17, 15) is 13.6 Å². The number of ether oxygens (including phenoxy) is 5. The quantitative estimate of drug-likeness (QED) is 0.189. The Kier molecular flexibility index (Phi) is 7.84. The molecule has 0 amide bonds. The van der Waals surface area contributed by atoms with E-state index in [0.29, 0.717) is 51.1 Å². The second-order valence-corrected chi connectivity index (χ2v) is 13.5. The zero-order valence-corrected chi connectivity index (χ0v) is 28.1. The lowest BCUT2D eigenvalue weighted by molar-refractivity contribution is -0.0717. The zero-order chi connectivity index (χ0) is 34.1. The molecular weight excluding hydrogens is 660 g/mol. The Bertz CT molecular complexity index is 1920. The predicted octanol–water partition coefficient (Wildman–Crippen LogP) is 5.80. The maximum absolute atomic E-state index is 13.6. The molecule has 2 unspecified atom stereocenters. The van der Waals surface area contributed by atoms with Crippen molar-refractivity contribution < 1.29 is 37.3 Å². The molecule has 4 atom stereocenters. The van der Waals surface area contributed by atoms with Crippen LogP contribution in [0, 0.1) is 0 Å². The third-order valence-corrected chi connectivity index (χ3v) is 10.3. The molecule has 11 nitrogen and oxygen atoms in total. The Morgan fingerprint density at radius 1 is 1.10 bits per heavy atom. The Balaban J connectivity index is 1.05. The summed E-state index contributed by atoms with van der Waals surface area (Å²) in [4.78, 5) is 26.8. The van der Waals surface area contributed by atoms with Crippen LogP contribution in [0.4, 0.5) is 14.5 Å². The molecule has 4 aromatic rings. The number of methoxy groups -OCH3 is 2. The number of alkyl halides is 2. The molecule has 2 aromatic heterocycles.